The molecule has 2 atom stereocenters. The molecule has 0 spiro atoms. The minimum Gasteiger partial charge on any atom is -0.392 e. The third-order valence-electron chi connectivity index (χ3n) is 2.83. The van der Waals surface area contributed by atoms with E-state index in [1.807, 2.05) is 0 Å². The fourth-order valence-electron chi connectivity index (χ4n) is 1.68. The van der Waals surface area contributed by atoms with E-state index in [0.29, 0.717) is 15.7 Å². The van der Waals surface area contributed by atoms with Crippen molar-refractivity contribution in [3.63, 3.8) is 0 Å². The van der Waals surface area contributed by atoms with Crippen LogP contribution < -0.4 is 4.72 Å². The summed E-state index contributed by atoms with van der Waals surface area (Å²) >= 11 is 1.15. The molecule has 2 unspecified atom stereocenters. The molecule has 1 aromatic rings. The van der Waals surface area contributed by atoms with Gasteiger partial charge < -0.3 is 5.11 Å². The maximum atomic E-state index is 11.9. The van der Waals surface area contributed by atoms with Crippen LogP contribution in [0, 0.1) is 5.92 Å². The molecule has 1 fully saturated rings. The topological polar surface area (TPSA) is 66.4 Å². The summed E-state index contributed by atoms with van der Waals surface area (Å²) in [5, 5.41) is 10.5. The van der Waals surface area contributed by atoms with Crippen LogP contribution in [-0.4, -0.2) is 19.6 Å². The molecule has 16 heavy (non-hydrogen) atoms. The molecule has 1 aliphatic carbocycles. The van der Waals surface area contributed by atoms with Crippen molar-refractivity contribution in [2.45, 2.75) is 36.6 Å². The number of sulfonamides is 1. The average molecular weight is 261 g/mol. The molecular formula is C10H15NO3S2. The van der Waals surface area contributed by atoms with Crippen LogP contribution in [0.15, 0.2) is 15.7 Å². The molecule has 1 heterocycles. The summed E-state index contributed by atoms with van der Waals surface area (Å²) in [5.74, 6) is 0.493. The highest BCUT2D eigenvalue weighted by Crippen LogP contribution is 2.35. The van der Waals surface area contributed by atoms with Crippen LogP contribution in [0.2, 0.25) is 0 Å². The molecule has 90 valence electrons. The number of hydrogen-bond acceptors (Lipinski definition) is 4. The second-order valence-electron chi connectivity index (χ2n) is 4.06. The summed E-state index contributed by atoms with van der Waals surface area (Å²) in [6, 6.07) is 1.63. The molecule has 0 aromatic carbocycles. The Morgan fingerprint density at radius 2 is 2.38 bits per heavy atom. The van der Waals surface area contributed by atoms with Crippen molar-refractivity contribution in [3.8, 4) is 0 Å². The smallest absolute Gasteiger partial charge is 0.250 e. The molecule has 0 aliphatic heterocycles. The highest BCUT2D eigenvalue weighted by Gasteiger charge is 2.38. The number of aliphatic hydroxyl groups is 1. The standard InChI is InChI=1S/C10H15NO3S2/c1-2-8-4-9(8)11-16(13,14)10-3-7(5-12)6-15-10/h3,6,8-9,11-12H,2,4-5H2,1H3. The predicted octanol–water partition coefficient (Wildman–Crippen LogP) is 1.32. The van der Waals surface area contributed by atoms with Crippen LogP contribution in [0.3, 0.4) is 0 Å². The van der Waals surface area contributed by atoms with Gasteiger partial charge in [0.1, 0.15) is 4.21 Å². The van der Waals surface area contributed by atoms with Crippen LogP contribution in [0.25, 0.3) is 0 Å². The monoisotopic (exact) mass is 261 g/mol. The number of hydrogen-bond donors (Lipinski definition) is 2. The van der Waals surface area contributed by atoms with Crippen molar-refractivity contribution >= 4 is 21.4 Å². The molecule has 0 radical (unpaired) electrons. The Balaban J connectivity index is 2.07. The van der Waals surface area contributed by atoms with Crippen LogP contribution >= 0.6 is 11.3 Å². The highest BCUT2D eigenvalue weighted by atomic mass is 32.2. The van der Waals surface area contributed by atoms with Gasteiger partial charge in [-0.2, -0.15) is 0 Å². The second kappa shape index (κ2) is 4.44. The van der Waals surface area contributed by atoms with Crippen molar-refractivity contribution in [3.05, 3.63) is 17.0 Å². The maximum absolute atomic E-state index is 11.9. The van der Waals surface area contributed by atoms with Gasteiger partial charge in [-0.1, -0.05) is 13.3 Å². The number of rotatable bonds is 5. The predicted molar refractivity (Wildman–Crippen MR) is 62.7 cm³/mol. The van der Waals surface area contributed by atoms with Gasteiger partial charge in [-0.15, -0.1) is 11.3 Å². The van der Waals surface area contributed by atoms with E-state index in [9.17, 15) is 8.42 Å². The van der Waals surface area contributed by atoms with E-state index in [1.165, 1.54) is 6.07 Å². The summed E-state index contributed by atoms with van der Waals surface area (Å²) in [6.07, 6.45) is 1.95. The summed E-state index contributed by atoms with van der Waals surface area (Å²) in [4.78, 5) is 0. The fourth-order valence-corrected chi connectivity index (χ4v) is 4.21. The van der Waals surface area contributed by atoms with Gasteiger partial charge in [0.25, 0.3) is 0 Å². The lowest BCUT2D eigenvalue weighted by Crippen LogP contribution is -2.26. The molecule has 6 heteroatoms. The van der Waals surface area contributed by atoms with E-state index >= 15 is 0 Å². The van der Waals surface area contributed by atoms with Crippen molar-refractivity contribution < 1.29 is 13.5 Å². The largest absolute Gasteiger partial charge is 0.392 e. The molecule has 0 bridgehead atoms. The molecule has 2 rings (SSSR count). The van der Waals surface area contributed by atoms with Gasteiger partial charge in [0.05, 0.1) is 6.61 Å². The minimum absolute atomic E-state index is 0.106. The first-order chi connectivity index (χ1) is 7.56. The van der Waals surface area contributed by atoms with Crippen molar-refractivity contribution in [2.24, 2.45) is 5.92 Å². The SMILES string of the molecule is CCC1CC1NS(=O)(=O)c1cc(CO)cs1. The Kier molecular flexibility index (Phi) is 3.34. The van der Waals surface area contributed by atoms with E-state index in [1.54, 1.807) is 5.38 Å². The van der Waals surface area contributed by atoms with Crippen LogP contribution in [0.4, 0.5) is 0 Å². The molecule has 0 saturated heterocycles. The zero-order valence-corrected chi connectivity index (χ0v) is 10.6. The summed E-state index contributed by atoms with van der Waals surface area (Å²) in [5.41, 5.74) is 0.646. The van der Waals surface area contributed by atoms with Gasteiger partial charge in [-0.05, 0) is 29.3 Å². The molecule has 4 nitrogen and oxygen atoms in total. The average Bonchev–Trinajstić information content (AvgIpc) is 2.81. The Labute approximate surface area is 99.4 Å². The van der Waals surface area contributed by atoms with Crippen LogP contribution in [0.1, 0.15) is 25.3 Å². The van der Waals surface area contributed by atoms with E-state index < -0.39 is 10.0 Å². The second-order valence-corrected chi connectivity index (χ2v) is 6.92. The number of thiophene rings is 1. The normalized spacial score (nSPS) is 24.6. The van der Waals surface area contributed by atoms with Gasteiger partial charge >= 0.3 is 0 Å². The fraction of sp³-hybridized carbons (Fsp3) is 0.600. The molecule has 1 saturated carbocycles. The Bertz CT molecular complexity index is 466. The lowest BCUT2D eigenvalue weighted by atomic mass is 10.3. The third kappa shape index (κ3) is 2.45. The third-order valence-corrected chi connectivity index (χ3v) is 5.81. The molecule has 2 N–H and O–H groups in total. The van der Waals surface area contributed by atoms with E-state index in [4.69, 9.17) is 5.11 Å². The van der Waals surface area contributed by atoms with E-state index in [2.05, 4.69) is 11.6 Å². The van der Waals surface area contributed by atoms with Crippen LogP contribution in [-0.2, 0) is 16.6 Å². The first-order valence-corrected chi connectivity index (χ1v) is 7.63. The quantitative estimate of drug-likeness (QED) is 0.840. The van der Waals surface area contributed by atoms with Crippen LogP contribution in [0.5, 0.6) is 0 Å². The summed E-state index contributed by atoms with van der Waals surface area (Å²) < 4.78 is 26.8. The van der Waals surface area contributed by atoms with Gasteiger partial charge in [0, 0.05) is 6.04 Å². The van der Waals surface area contributed by atoms with Gasteiger partial charge in [0.15, 0.2) is 0 Å². The summed E-state index contributed by atoms with van der Waals surface area (Å²) in [7, 11) is -3.37. The zero-order valence-electron chi connectivity index (χ0n) is 9.01. The Morgan fingerprint density at radius 3 is 2.88 bits per heavy atom. The minimum atomic E-state index is -3.37. The summed E-state index contributed by atoms with van der Waals surface area (Å²) in [6.45, 7) is 1.95. The van der Waals surface area contributed by atoms with Crippen molar-refractivity contribution in [1.29, 1.82) is 0 Å². The number of aliphatic hydroxyl groups excluding tert-OH is 1. The van der Waals surface area contributed by atoms with Gasteiger partial charge in [0.2, 0.25) is 10.0 Å². The first kappa shape index (κ1) is 12.0. The molecule has 1 aliphatic rings. The van der Waals surface area contributed by atoms with Crippen molar-refractivity contribution in [1.82, 2.24) is 4.72 Å². The first-order valence-electron chi connectivity index (χ1n) is 5.27. The Hall–Kier alpha value is -0.430. The maximum Gasteiger partial charge on any atom is 0.250 e. The molecular weight excluding hydrogens is 246 g/mol. The van der Waals surface area contributed by atoms with E-state index in [-0.39, 0.29) is 12.6 Å². The molecule has 1 aromatic heterocycles. The molecule has 0 amide bonds. The lowest BCUT2D eigenvalue weighted by Gasteiger charge is -2.02. The van der Waals surface area contributed by atoms with Crippen molar-refractivity contribution in [2.75, 3.05) is 0 Å². The number of nitrogens with one attached hydrogen (secondary N) is 1. The van der Waals surface area contributed by atoms with E-state index in [0.717, 1.165) is 24.2 Å². The zero-order chi connectivity index (χ0) is 11.8. The van der Waals surface area contributed by atoms with Gasteiger partial charge in [-0.3, -0.25) is 0 Å². The Morgan fingerprint density at radius 1 is 1.62 bits per heavy atom. The highest BCUT2D eigenvalue weighted by molar-refractivity contribution is 7.91. The lowest BCUT2D eigenvalue weighted by molar-refractivity contribution is 0.282. The van der Waals surface area contributed by atoms with Gasteiger partial charge in [-0.25, -0.2) is 13.1 Å².